The molecule has 7 nitrogen and oxygen atoms in total. The van der Waals surface area contributed by atoms with Crippen molar-refractivity contribution in [2.24, 2.45) is 0 Å². The third kappa shape index (κ3) is 3.65. The maximum Gasteiger partial charge on any atom is 0.264 e. The Kier molecular flexibility index (Phi) is 4.49. The van der Waals surface area contributed by atoms with E-state index in [2.05, 4.69) is 14.7 Å². The summed E-state index contributed by atoms with van der Waals surface area (Å²) in [7, 11) is -3.70. The number of aromatic nitrogens is 2. The molecule has 106 valence electrons. The highest BCUT2D eigenvalue weighted by Gasteiger charge is 2.14. The lowest BCUT2D eigenvalue weighted by atomic mass is 10.4. The molecular formula is C12H13N3O4S. The van der Waals surface area contributed by atoms with Gasteiger partial charge in [0.1, 0.15) is 6.61 Å². The van der Waals surface area contributed by atoms with Crippen molar-refractivity contribution in [3.05, 3.63) is 42.7 Å². The van der Waals surface area contributed by atoms with Crippen LogP contribution in [-0.2, 0) is 10.0 Å². The maximum absolute atomic E-state index is 12.0. The SMILES string of the molecule is O=S(=O)(Nc1ncc(OCCO)cn1)c1ccccc1. The predicted octanol–water partition coefficient (Wildman–Crippen LogP) is 0.648. The molecule has 1 aromatic heterocycles. The van der Waals surface area contributed by atoms with Gasteiger partial charge in [0.05, 0.1) is 23.9 Å². The van der Waals surface area contributed by atoms with E-state index in [1.54, 1.807) is 18.2 Å². The van der Waals surface area contributed by atoms with Crippen LogP contribution < -0.4 is 9.46 Å². The summed E-state index contributed by atoms with van der Waals surface area (Å²) >= 11 is 0. The normalized spacial score (nSPS) is 11.1. The number of anilines is 1. The molecule has 0 spiro atoms. The molecule has 1 heterocycles. The van der Waals surface area contributed by atoms with Crippen LogP contribution in [0.4, 0.5) is 5.95 Å². The molecule has 0 saturated carbocycles. The number of ether oxygens (including phenoxy) is 1. The zero-order valence-corrected chi connectivity index (χ0v) is 11.2. The van der Waals surface area contributed by atoms with Gasteiger partial charge in [-0.3, -0.25) is 0 Å². The van der Waals surface area contributed by atoms with Gasteiger partial charge in [-0.15, -0.1) is 0 Å². The Balaban J connectivity index is 2.10. The second-order valence-electron chi connectivity index (χ2n) is 3.73. The van der Waals surface area contributed by atoms with Crippen molar-refractivity contribution < 1.29 is 18.3 Å². The van der Waals surface area contributed by atoms with Gasteiger partial charge in [0.25, 0.3) is 10.0 Å². The fourth-order valence-electron chi connectivity index (χ4n) is 1.39. The van der Waals surface area contributed by atoms with Gasteiger partial charge >= 0.3 is 0 Å². The summed E-state index contributed by atoms with van der Waals surface area (Å²) < 4.78 is 31.3. The Morgan fingerprint density at radius 3 is 2.40 bits per heavy atom. The van der Waals surface area contributed by atoms with Gasteiger partial charge in [-0.2, -0.15) is 0 Å². The molecule has 0 radical (unpaired) electrons. The number of sulfonamides is 1. The molecule has 0 bridgehead atoms. The van der Waals surface area contributed by atoms with Crippen LogP contribution >= 0.6 is 0 Å². The lowest BCUT2D eigenvalue weighted by Crippen LogP contribution is -2.15. The van der Waals surface area contributed by atoms with Crippen LogP contribution in [0.25, 0.3) is 0 Å². The van der Waals surface area contributed by atoms with Gasteiger partial charge in [0, 0.05) is 0 Å². The van der Waals surface area contributed by atoms with Gasteiger partial charge in [-0.05, 0) is 12.1 Å². The molecule has 2 aromatic rings. The van der Waals surface area contributed by atoms with E-state index < -0.39 is 10.0 Å². The zero-order valence-electron chi connectivity index (χ0n) is 10.4. The Morgan fingerprint density at radius 2 is 1.80 bits per heavy atom. The molecule has 2 N–H and O–H groups in total. The molecule has 0 aliphatic carbocycles. The first kappa shape index (κ1) is 14.2. The fourth-order valence-corrected chi connectivity index (χ4v) is 2.36. The number of benzene rings is 1. The van der Waals surface area contributed by atoms with E-state index in [0.29, 0.717) is 5.75 Å². The molecule has 1 aromatic carbocycles. The molecule has 0 aliphatic heterocycles. The molecular weight excluding hydrogens is 282 g/mol. The smallest absolute Gasteiger partial charge is 0.264 e. The van der Waals surface area contributed by atoms with Gasteiger partial charge in [-0.25, -0.2) is 23.1 Å². The maximum atomic E-state index is 12.0. The summed E-state index contributed by atoms with van der Waals surface area (Å²) in [5.41, 5.74) is 0. The largest absolute Gasteiger partial charge is 0.488 e. The first-order valence-electron chi connectivity index (χ1n) is 5.75. The van der Waals surface area contributed by atoms with Crippen LogP contribution in [-0.4, -0.2) is 36.7 Å². The van der Waals surface area contributed by atoms with Crippen LogP contribution in [0.15, 0.2) is 47.6 Å². The summed E-state index contributed by atoms with van der Waals surface area (Å²) in [6.45, 7) is 0.000830. The zero-order chi connectivity index (χ0) is 14.4. The average Bonchev–Trinajstić information content (AvgIpc) is 2.47. The van der Waals surface area contributed by atoms with Crippen LogP contribution in [0.3, 0.4) is 0 Å². The van der Waals surface area contributed by atoms with E-state index in [-0.39, 0.29) is 24.1 Å². The molecule has 2 rings (SSSR count). The van der Waals surface area contributed by atoms with Crippen molar-refractivity contribution in [2.75, 3.05) is 17.9 Å². The standard InChI is InChI=1S/C12H13N3O4S/c16-6-7-19-10-8-13-12(14-9-10)15-20(17,18)11-4-2-1-3-5-11/h1-5,8-9,16H,6-7H2,(H,13,14,15). The van der Waals surface area contributed by atoms with Crippen LogP contribution in [0.5, 0.6) is 5.75 Å². The highest BCUT2D eigenvalue weighted by molar-refractivity contribution is 7.92. The molecule has 20 heavy (non-hydrogen) atoms. The van der Waals surface area contributed by atoms with Crippen molar-refractivity contribution in [1.29, 1.82) is 0 Å². The van der Waals surface area contributed by atoms with Gasteiger partial charge < -0.3 is 9.84 Å². The highest BCUT2D eigenvalue weighted by Crippen LogP contribution is 2.13. The van der Waals surface area contributed by atoms with Crippen LogP contribution in [0.2, 0.25) is 0 Å². The van der Waals surface area contributed by atoms with E-state index in [1.807, 2.05) is 0 Å². The molecule has 0 unspecified atom stereocenters. The molecule has 0 saturated heterocycles. The van der Waals surface area contributed by atoms with E-state index in [1.165, 1.54) is 24.5 Å². The summed E-state index contributed by atoms with van der Waals surface area (Å²) in [6, 6.07) is 7.92. The second-order valence-corrected chi connectivity index (χ2v) is 5.42. The molecule has 0 amide bonds. The van der Waals surface area contributed by atoms with Crippen molar-refractivity contribution in [3.63, 3.8) is 0 Å². The molecule has 0 aliphatic rings. The van der Waals surface area contributed by atoms with Gasteiger partial charge in [-0.1, -0.05) is 18.2 Å². The first-order valence-corrected chi connectivity index (χ1v) is 7.24. The van der Waals surface area contributed by atoms with Crippen LogP contribution in [0.1, 0.15) is 0 Å². The number of rotatable bonds is 6. The van der Waals surface area contributed by atoms with Crippen molar-refractivity contribution in [2.45, 2.75) is 4.90 Å². The van der Waals surface area contributed by atoms with E-state index in [9.17, 15) is 8.42 Å². The summed E-state index contributed by atoms with van der Waals surface area (Å²) in [6.07, 6.45) is 2.65. The number of aliphatic hydroxyl groups is 1. The number of hydrogen-bond acceptors (Lipinski definition) is 6. The lowest BCUT2D eigenvalue weighted by molar-refractivity contribution is 0.200. The Hall–Kier alpha value is -2.19. The Morgan fingerprint density at radius 1 is 1.15 bits per heavy atom. The fraction of sp³-hybridized carbons (Fsp3) is 0.167. The lowest BCUT2D eigenvalue weighted by Gasteiger charge is -2.07. The number of nitrogens with one attached hydrogen (secondary N) is 1. The summed E-state index contributed by atoms with van der Waals surface area (Å²) in [4.78, 5) is 7.80. The third-order valence-corrected chi connectivity index (χ3v) is 3.61. The Bertz CT molecular complexity index is 644. The van der Waals surface area contributed by atoms with Gasteiger partial charge in [0.15, 0.2) is 5.75 Å². The number of nitrogens with zero attached hydrogens (tertiary/aromatic N) is 2. The average molecular weight is 295 g/mol. The van der Waals surface area contributed by atoms with Crippen molar-refractivity contribution in [1.82, 2.24) is 9.97 Å². The number of aliphatic hydroxyl groups excluding tert-OH is 1. The molecule has 0 fully saturated rings. The van der Waals surface area contributed by atoms with Crippen LogP contribution in [0, 0.1) is 0 Å². The monoisotopic (exact) mass is 295 g/mol. The van der Waals surface area contributed by atoms with Crippen molar-refractivity contribution in [3.8, 4) is 5.75 Å². The predicted molar refractivity (Wildman–Crippen MR) is 71.9 cm³/mol. The molecule has 8 heteroatoms. The van der Waals surface area contributed by atoms with Crippen molar-refractivity contribution >= 4 is 16.0 Å². The highest BCUT2D eigenvalue weighted by atomic mass is 32.2. The van der Waals surface area contributed by atoms with E-state index >= 15 is 0 Å². The first-order chi connectivity index (χ1) is 9.62. The summed E-state index contributed by atoms with van der Waals surface area (Å²) in [5.74, 6) is 0.298. The van der Waals surface area contributed by atoms with E-state index in [0.717, 1.165) is 0 Å². The van der Waals surface area contributed by atoms with E-state index in [4.69, 9.17) is 9.84 Å². The third-order valence-electron chi connectivity index (χ3n) is 2.27. The number of hydrogen-bond donors (Lipinski definition) is 2. The topological polar surface area (TPSA) is 101 Å². The quantitative estimate of drug-likeness (QED) is 0.811. The van der Waals surface area contributed by atoms with Gasteiger partial charge in [0.2, 0.25) is 5.95 Å². The Labute approximate surface area is 116 Å². The summed E-state index contributed by atoms with van der Waals surface area (Å²) in [5, 5.41) is 8.60. The minimum Gasteiger partial charge on any atom is -0.488 e. The second kappa shape index (κ2) is 6.31. The minimum atomic E-state index is -3.70. The molecule has 0 atom stereocenters. The minimum absolute atomic E-state index is 0.0507.